The maximum atomic E-state index is 12.0. The molecule has 7 nitrogen and oxygen atoms in total. The lowest BCUT2D eigenvalue weighted by molar-refractivity contribution is -0.118. The van der Waals surface area contributed by atoms with Crippen LogP contribution in [0, 0.1) is 6.92 Å². The first-order valence-corrected chi connectivity index (χ1v) is 9.43. The van der Waals surface area contributed by atoms with Crippen LogP contribution < -0.4 is 5.43 Å². The number of aryl methyl sites for hydroxylation is 1. The average molecular weight is 401 g/mol. The molecule has 0 radical (unpaired) electrons. The number of nitrogens with zero attached hydrogens (tertiary/aromatic N) is 5. The third kappa shape index (κ3) is 5.15. The van der Waals surface area contributed by atoms with Gasteiger partial charge in [0.15, 0.2) is 11.0 Å². The molecule has 0 saturated carbocycles. The Labute approximate surface area is 165 Å². The van der Waals surface area contributed by atoms with Gasteiger partial charge in [-0.2, -0.15) is 5.10 Å². The third-order valence-electron chi connectivity index (χ3n) is 3.55. The second-order valence-electron chi connectivity index (χ2n) is 5.66. The Kier molecular flexibility index (Phi) is 6.20. The van der Waals surface area contributed by atoms with Crippen LogP contribution in [0.3, 0.4) is 0 Å². The van der Waals surface area contributed by atoms with Crippen LogP contribution in [0.15, 0.2) is 52.7 Å². The van der Waals surface area contributed by atoms with E-state index in [4.69, 9.17) is 11.6 Å². The monoisotopic (exact) mass is 400 g/mol. The van der Waals surface area contributed by atoms with Gasteiger partial charge < -0.3 is 4.57 Å². The zero-order valence-corrected chi connectivity index (χ0v) is 16.3. The van der Waals surface area contributed by atoms with Crippen LogP contribution in [0.1, 0.15) is 11.4 Å². The molecule has 1 aromatic carbocycles. The summed E-state index contributed by atoms with van der Waals surface area (Å²) in [5, 5.41) is 13.5. The second-order valence-corrected chi connectivity index (χ2v) is 7.04. The van der Waals surface area contributed by atoms with E-state index < -0.39 is 0 Å². The SMILES string of the molecule is Cc1cccc(/C=N/NC(=O)CSc2nnc(-c3cccc(Cl)c3)n2C)n1. The number of halogens is 1. The number of hydrazone groups is 1. The first-order valence-electron chi connectivity index (χ1n) is 8.06. The summed E-state index contributed by atoms with van der Waals surface area (Å²) in [5.41, 5.74) is 4.92. The Morgan fingerprint density at radius 3 is 2.89 bits per heavy atom. The Hall–Kier alpha value is -2.71. The van der Waals surface area contributed by atoms with Gasteiger partial charge in [-0.3, -0.25) is 9.78 Å². The fraction of sp³-hybridized carbons (Fsp3) is 0.167. The highest BCUT2D eigenvalue weighted by molar-refractivity contribution is 7.99. The molecule has 0 aliphatic heterocycles. The average Bonchev–Trinajstić information content (AvgIpc) is 3.01. The van der Waals surface area contributed by atoms with Crippen molar-refractivity contribution in [3.63, 3.8) is 0 Å². The van der Waals surface area contributed by atoms with Gasteiger partial charge in [0.1, 0.15) is 0 Å². The van der Waals surface area contributed by atoms with Gasteiger partial charge in [-0.25, -0.2) is 5.43 Å². The maximum Gasteiger partial charge on any atom is 0.250 e. The summed E-state index contributed by atoms with van der Waals surface area (Å²) in [7, 11) is 1.85. The lowest BCUT2D eigenvalue weighted by Gasteiger charge is -2.04. The summed E-state index contributed by atoms with van der Waals surface area (Å²) in [6.07, 6.45) is 1.51. The lowest BCUT2D eigenvalue weighted by atomic mass is 10.2. The van der Waals surface area contributed by atoms with E-state index in [-0.39, 0.29) is 11.7 Å². The summed E-state index contributed by atoms with van der Waals surface area (Å²) < 4.78 is 1.82. The van der Waals surface area contributed by atoms with Crippen molar-refractivity contribution >= 4 is 35.5 Å². The summed E-state index contributed by atoms with van der Waals surface area (Å²) in [6, 6.07) is 13.0. The van der Waals surface area contributed by atoms with Gasteiger partial charge in [0.2, 0.25) is 0 Å². The number of benzene rings is 1. The largest absolute Gasteiger partial charge is 0.305 e. The minimum absolute atomic E-state index is 0.167. The Morgan fingerprint density at radius 2 is 2.11 bits per heavy atom. The molecule has 0 aliphatic rings. The molecule has 0 aliphatic carbocycles. The molecule has 1 N–H and O–H groups in total. The molecule has 0 bridgehead atoms. The minimum Gasteiger partial charge on any atom is -0.305 e. The van der Waals surface area contributed by atoms with Crippen LogP contribution in [0.25, 0.3) is 11.4 Å². The molecule has 3 aromatic rings. The predicted molar refractivity (Wildman–Crippen MR) is 107 cm³/mol. The zero-order valence-electron chi connectivity index (χ0n) is 14.8. The van der Waals surface area contributed by atoms with Gasteiger partial charge >= 0.3 is 0 Å². The van der Waals surface area contributed by atoms with Gasteiger partial charge in [-0.15, -0.1) is 10.2 Å². The number of aromatic nitrogens is 4. The normalized spacial score (nSPS) is 11.1. The molecule has 0 fully saturated rings. The molecule has 0 saturated heterocycles. The summed E-state index contributed by atoms with van der Waals surface area (Å²) in [5.74, 6) is 0.611. The van der Waals surface area contributed by atoms with E-state index in [0.29, 0.717) is 21.7 Å². The van der Waals surface area contributed by atoms with Crippen molar-refractivity contribution in [2.24, 2.45) is 12.1 Å². The van der Waals surface area contributed by atoms with E-state index in [1.54, 1.807) is 6.07 Å². The molecule has 2 aromatic heterocycles. The fourth-order valence-electron chi connectivity index (χ4n) is 2.29. The van der Waals surface area contributed by atoms with E-state index in [1.807, 2.05) is 54.9 Å². The molecule has 138 valence electrons. The Bertz CT molecular complexity index is 987. The van der Waals surface area contributed by atoms with Gasteiger partial charge in [-0.05, 0) is 31.2 Å². The van der Waals surface area contributed by atoms with Crippen LogP contribution in [-0.2, 0) is 11.8 Å². The molecule has 0 unspecified atom stereocenters. The van der Waals surface area contributed by atoms with Crippen LogP contribution >= 0.6 is 23.4 Å². The number of hydrogen-bond acceptors (Lipinski definition) is 6. The van der Waals surface area contributed by atoms with Gasteiger partial charge in [0.25, 0.3) is 5.91 Å². The molecular weight excluding hydrogens is 384 g/mol. The predicted octanol–water partition coefficient (Wildman–Crippen LogP) is 3.08. The van der Waals surface area contributed by atoms with Gasteiger partial charge in [0.05, 0.1) is 17.7 Å². The molecule has 2 heterocycles. The molecular formula is C18H17ClN6OS. The van der Waals surface area contributed by atoms with E-state index in [0.717, 1.165) is 11.3 Å². The lowest BCUT2D eigenvalue weighted by Crippen LogP contribution is -2.20. The van der Waals surface area contributed by atoms with E-state index in [2.05, 4.69) is 25.7 Å². The summed E-state index contributed by atoms with van der Waals surface area (Å²) in [6.45, 7) is 1.89. The van der Waals surface area contributed by atoms with Crippen molar-refractivity contribution in [3.8, 4) is 11.4 Å². The number of rotatable bonds is 6. The van der Waals surface area contributed by atoms with Crippen molar-refractivity contribution in [3.05, 3.63) is 58.9 Å². The number of nitrogens with one attached hydrogen (secondary N) is 1. The van der Waals surface area contributed by atoms with Crippen molar-refractivity contribution < 1.29 is 4.79 Å². The number of carbonyl (C=O) groups excluding carboxylic acids is 1. The first kappa shape index (κ1) is 19.1. The highest BCUT2D eigenvalue weighted by atomic mass is 35.5. The van der Waals surface area contributed by atoms with Crippen LogP contribution in [0.5, 0.6) is 0 Å². The standard InChI is InChI=1S/C18H17ClN6OS/c1-12-5-3-8-15(21-12)10-20-22-16(26)11-27-18-24-23-17(25(18)2)13-6-4-7-14(19)9-13/h3-10H,11H2,1-2H3,(H,22,26)/b20-10+. The van der Waals surface area contributed by atoms with E-state index >= 15 is 0 Å². The highest BCUT2D eigenvalue weighted by Crippen LogP contribution is 2.24. The van der Waals surface area contributed by atoms with Crippen molar-refractivity contribution in [2.75, 3.05) is 5.75 Å². The number of amides is 1. The molecule has 27 heavy (non-hydrogen) atoms. The number of hydrogen-bond donors (Lipinski definition) is 1. The number of pyridine rings is 1. The minimum atomic E-state index is -0.240. The van der Waals surface area contributed by atoms with Crippen molar-refractivity contribution in [1.29, 1.82) is 0 Å². The topological polar surface area (TPSA) is 85.1 Å². The smallest absolute Gasteiger partial charge is 0.250 e. The van der Waals surface area contributed by atoms with Crippen molar-refractivity contribution in [2.45, 2.75) is 12.1 Å². The van der Waals surface area contributed by atoms with Crippen LogP contribution in [0.2, 0.25) is 5.02 Å². The number of carbonyl (C=O) groups is 1. The molecule has 1 amide bonds. The second kappa shape index (κ2) is 8.79. The van der Waals surface area contributed by atoms with Crippen molar-refractivity contribution in [1.82, 2.24) is 25.2 Å². The van der Waals surface area contributed by atoms with Crippen LogP contribution in [0.4, 0.5) is 0 Å². The summed E-state index contributed by atoms with van der Waals surface area (Å²) >= 11 is 7.30. The molecule has 0 spiro atoms. The van der Waals surface area contributed by atoms with E-state index in [9.17, 15) is 4.79 Å². The Balaban J connectivity index is 1.56. The summed E-state index contributed by atoms with van der Waals surface area (Å²) in [4.78, 5) is 16.2. The number of thioether (sulfide) groups is 1. The zero-order chi connectivity index (χ0) is 19.2. The first-order chi connectivity index (χ1) is 13.0. The highest BCUT2D eigenvalue weighted by Gasteiger charge is 2.13. The maximum absolute atomic E-state index is 12.0. The fourth-order valence-corrected chi connectivity index (χ4v) is 3.18. The molecule has 3 rings (SSSR count). The van der Waals surface area contributed by atoms with Gasteiger partial charge in [-0.1, -0.05) is 41.6 Å². The quantitative estimate of drug-likeness (QED) is 0.390. The van der Waals surface area contributed by atoms with E-state index in [1.165, 1.54) is 18.0 Å². The Morgan fingerprint density at radius 1 is 1.30 bits per heavy atom. The molecule has 9 heteroatoms. The third-order valence-corrected chi connectivity index (χ3v) is 4.80. The molecule has 0 atom stereocenters. The van der Waals surface area contributed by atoms with Gasteiger partial charge in [0, 0.05) is 23.3 Å². The van der Waals surface area contributed by atoms with Crippen LogP contribution in [-0.4, -0.2) is 37.6 Å².